The third kappa shape index (κ3) is 4.70. The molecule has 0 amide bonds. The molecule has 1 atom stereocenters. The fourth-order valence-electron chi connectivity index (χ4n) is 5.06. The number of hydrogen-bond acceptors (Lipinski definition) is 4. The van der Waals surface area contributed by atoms with E-state index >= 15 is 0 Å². The summed E-state index contributed by atoms with van der Waals surface area (Å²) in [6.07, 6.45) is 3.51. The second-order valence-electron chi connectivity index (χ2n) is 8.89. The van der Waals surface area contributed by atoms with Crippen molar-refractivity contribution in [3.05, 3.63) is 71.8 Å². The van der Waals surface area contributed by atoms with Gasteiger partial charge >= 0.3 is 0 Å². The number of methoxy groups -OCH3 is 1. The lowest BCUT2D eigenvalue weighted by atomic mass is 9.88. The van der Waals surface area contributed by atoms with Gasteiger partial charge in [0.2, 0.25) is 0 Å². The number of fused-ring (bicyclic) bond motifs is 2. The minimum atomic E-state index is 0.582. The molecule has 3 aromatic rings. The summed E-state index contributed by atoms with van der Waals surface area (Å²) in [4.78, 5) is 5.13. The van der Waals surface area contributed by atoms with E-state index < -0.39 is 0 Å². The monoisotopic (exact) mass is 415 g/mol. The Labute approximate surface area is 185 Å². The van der Waals surface area contributed by atoms with Crippen molar-refractivity contribution in [3.8, 4) is 5.75 Å². The van der Waals surface area contributed by atoms with Gasteiger partial charge < -0.3 is 15.0 Å². The standard InChI is InChI=1S/C27H33N3O/c1-31-27-11-8-22-6-9-25(18-24(22)20-27)28-12-13-29-14-16-30(17-15-29)26-10-7-21-4-2-3-5-23(21)19-26/h2-5,7-8,10-11,19-20,25,28H,6,9,12-18H2,1H3. The number of nitrogens with zero attached hydrogens (tertiary/aromatic N) is 2. The van der Waals surface area contributed by atoms with Gasteiger partial charge in [-0.25, -0.2) is 0 Å². The van der Waals surface area contributed by atoms with Crippen molar-refractivity contribution in [2.45, 2.75) is 25.3 Å². The van der Waals surface area contributed by atoms with Crippen LogP contribution in [0.25, 0.3) is 10.8 Å². The van der Waals surface area contributed by atoms with Crippen LogP contribution in [0.1, 0.15) is 17.5 Å². The molecule has 1 heterocycles. The van der Waals surface area contributed by atoms with Gasteiger partial charge in [-0.15, -0.1) is 0 Å². The lowest BCUT2D eigenvalue weighted by molar-refractivity contribution is 0.252. The summed E-state index contributed by atoms with van der Waals surface area (Å²) < 4.78 is 5.41. The zero-order valence-corrected chi connectivity index (χ0v) is 18.5. The first-order valence-corrected chi connectivity index (χ1v) is 11.6. The van der Waals surface area contributed by atoms with E-state index in [-0.39, 0.29) is 0 Å². The minimum Gasteiger partial charge on any atom is -0.497 e. The minimum absolute atomic E-state index is 0.582. The van der Waals surface area contributed by atoms with Crippen molar-refractivity contribution in [1.82, 2.24) is 10.2 Å². The average molecular weight is 416 g/mol. The molecule has 0 radical (unpaired) electrons. The number of piperazine rings is 1. The molecule has 1 fully saturated rings. The van der Waals surface area contributed by atoms with Crippen LogP contribution in [0.15, 0.2) is 60.7 Å². The maximum absolute atomic E-state index is 5.41. The van der Waals surface area contributed by atoms with Gasteiger partial charge in [0.05, 0.1) is 7.11 Å². The van der Waals surface area contributed by atoms with Crippen molar-refractivity contribution in [2.75, 3.05) is 51.3 Å². The van der Waals surface area contributed by atoms with Gasteiger partial charge in [0.15, 0.2) is 0 Å². The Bertz CT molecular complexity index is 1030. The van der Waals surface area contributed by atoms with Crippen LogP contribution in [0.4, 0.5) is 5.69 Å². The third-order valence-electron chi connectivity index (χ3n) is 6.97. The van der Waals surface area contributed by atoms with Gasteiger partial charge in [0, 0.05) is 51.0 Å². The van der Waals surface area contributed by atoms with Crippen molar-refractivity contribution in [1.29, 1.82) is 0 Å². The summed E-state index contributed by atoms with van der Waals surface area (Å²) >= 11 is 0. The SMILES string of the molecule is COc1ccc2c(c1)CC(NCCN1CCN(c3ccc4ccccc4c3)CC1)CC2. The molecular formula is C27H33N3O. The molecule has 31 heavy (non-hydrogen) atoms. The highest BCUT2D eigenvalue weighted by atomic mass is 16.5. The summed E-state index contributed by atoms with van der Waals surface area (Å²) in [7, 11) is 1.75. The Kier molecular flexibility index (Phi) is 6.10. The number of hydrogen-bond donors (Lipinski definition) is 1. The summed E-state index contributed by atoms with van der Waals surface area (Å²) in [5.41, 5.74) is 4.29. The predicted octanol–water partition coefficient (Wildman–Crippen LogP) is 4.12. The lowest BCUT2D eigenvalue weighted by Gasteiger charge is -2.36. The largest absolute Gasteiger partial charge is 0.497 e. The van der Waals surface area contributed by atoms with Gasteiger partial charge in [0.1, 0.15) is 5.75 Å². The van der Waals surface area contributed by atoms with Crippen LogP contribution in [-0.4, -0.2) is 57.3 Å². The number of anilines is 1. The Morgan fingerprint density at radius 3 is 2.58 bits per heavy atom. The summed E-state index contributed by atoms with van der Waals surface area (Å²) in [5, 5.41) is 6.47. The molecule has 0 spiro atoms. The Morgan fingerprint density at radius 1 is 0.903 bits per heavy atom. The van der Waals surface area contributed by atoms with E-state index in [0.29, 0.717) is 6.04 Å². The quantitative estimate of drug-likeness (QED) is 0.656. The van der Waals surface area contributed by atoms with Crippen LogP contribution in [-0.2, 0) is 12.8 Å². The number of benzene rings is 3. The van der Waals surface area contributed by atoms with Crippen molar-refractivity contribution in [3.63, 3.8) is 0 Å². The molecule has 1 unspecified atom stereocenters. The van der Waals surface area contributed by atoms with E-state index in [0.717, 1.165) is 51.4 Å². The molecule has 0 saturated carbocycles. The number of rotatable bonds is 6. The van der Waals surface area contributed by atoms with Gasteiger partial charge in [-0.05, 0) is 65.4 Å². The maximum atomic E-state index is 5.41. The van der Waals surface area contributed by atoms with Crippen molar-refractivity contribution >= 4 is 16.5 Å². The second kappa shape index (κ2) is 9.29. The molecule has 3 aromatic carbocycles. The number of nitrogens with one attached hydrogen (secondary N) is 1. The van der Waals surface area contributed by atoms with E-state index in [2.05, 4.69) is 75.8 Å². The maximum Gasteiger partial charge on any atom is 0.119 e. The van der Waals surface area contributed by atoms with E-state index in [1.807, 2.05) is 0 Å². The van der Waals surface area contributed by atoms with Crippen LogP contribution in [0.5, 0.6) is 5.75 Å². The highest BCUT2D eigenvalue weighted by molar-refractivity contribution is 5.85. The molecule has 4 nitrogen and oxygen atoms in total. The van der Waals surface area contributed by atoms with Gasteiger partial charge in [0.25, 0.3) is 0 Å². The van der Waals surface area contributed by atoms with Crippen molar-refractivity contribution in [2.24, 2.45) is 0 Å². The first-order chi connectivity index (χ1) is 15.3. The summed E-state index contributed by atoms with van der Waals surface area (Å²) in [6.45, 7) is 6.69. The van der Waals surface area contributed by atoms with E-state index in [1.54, 1.807) is 7.11 Å². The Morgan fingerprint density at radius 2 is 1.74 bits per heavy atom. The summed E-state index contributed by atoms with van der Waals surface area (Å²) in [5.74, 6) is 0.976. The molecular weight excluding hydrogens is 382 g/mol. The highest BCUT2D eigenvalue weighted by Gasteiger charge is 2.20. The topological polar surface area (TPSA) is 27.7 Å². The molecule has 1 aliphatic carbocycles. The third-order valence-corrected chi connectivity index (χ3v) is 6.97. The van der Waals surface area contributed by atoms with Crippen molar-refractivity contribution < 1.29 is 4.74 Å². The molecule has 1 N–H and O–H groups in total. The Hall–Kier alpha value is -2.56. The first kappa shape index (κ1) is 20.3. The van der Waals surface area contributed by atoms with Gasteiger partial charge in [-0.3, -0.25) is 4.90 Å². The zero-order chi connectivity index (χ0) is 21.0. The van der Waals surface area contributed by atoms with Gasteiger partial charge in [-0.1, -0.05) is 36.4 Å². The average Bonchev–Trinajstić information content (AvgIpc) is 2.83. The van der Waals surface area contributed by atoms with E-state index in [4.69, 9.17) is 4.74 Å². The first-order valence-electron chi connectivity index (χ1n) is 11.6. The zero-order valence-electron chi connectivity index (χ0n) is 18.5. The molecule has 2 aliphatic rings. The Balaban J connectivity index is 1.08. The van der Waals surface area contributed by atoms with Crippen LogP contribution >= 0.6 is 0 Å². The molecule has 1 aliphatic heterocycles. The molecule has 0 aromatic heterocycles. The molecule has 162 valence electrons. The normalized spacial score (nSPS) is 19.4. The molecule has 0 bridgehead atoms. The smallest absolute Gasteiger partial charge is 0.119 e. The fraction of sp³-hybridized carbons (Fsp3) is 0.407. The molecule has 4 heteroatoms. The van der Waals surface area contributed by atoms with Gasteiger partial charge in [-0.2, -0.15) is 0 Å². The fourth-order valence-corrected chi connectivity index (χ4v) is 5.06. The van der Waals surface area contributed by atoms with Crippen LogP contribution in [0.3, 0.4) is 0 Å². The number of aryl methyl sites for hydroxylation is 1. The predicted molar refractivity (Wildman–Crippen MR) is 129 cm³/mol. The molecule has 5 rings (SSSR count). The van der Waals surface area contributed by atoms with Crippen LogP contribution in [0, 0.1) is 0 Å². The highest BCUT2D eigenvalue weighted by Crippen LogP contribution is 2.26. The van der Waals surface area contributed by atoms with Crippen LogP contribution in [0.2, 0.25) is 0 Å². The van der Waals surface area contributed by atoms with E-state index in [9.17, 15) is 0 Å². The summed E-state index contributed by atoms with van der Waals surface area (Å²) in [6, 6.07) is 22.6. The van der Waals surface area contributed by atoms with E-state index in [1.165, 1.54) is 40.4 Å². The lowest BCUT2D eigenvalue weighted by Crippen LogP contribution is -2.49. The second-order valence-corrected chi connectivity index (χ2v) is 8.89. The molecule has 1 saturated heterocycles. The van der Waals surface area contributed by atoms with Crippen LogP contribution < -0.4 is 15.0 Å². The number of ether oxygens (including phenoxy) is 1.